The predicted octanol–water partition coefficient (Wildman–Crippen LogP) is 2.14. The van der Waals surface area contributed by atoms with Crippen LogP contribution < -0.4 is 5.48 Å². The summed E-state index contributed by atoms with van der Waals surface area (Å²) in [6.45, 7) is 3.97. The number of hydrogen-bond acceptors (Lipinski definition) is 3. The van der Waals surface area contributed by atoms with Gasteiger partial charge in [0.05, 0.1) is 5.02 Å². The Balaban J connectivity index is 3.28. The Morgan fingerprint density at radius 3 is 2.62 bits per heavy atom. The van der Waals surface area contributed by atoms with E-state index in [4.69, 9.17) is 16.8 Å². The van der Waals surface area contributed by atoms with Crippen LogP contribution >= 0.6 is 11.6 Å². The van der Waals surface area contributed by atoms with E-state index in [9.17, 15) is 5.11 Å². The van der Waals surface area contributed by atoms with Gasteiger partial charge in [0.25, 0.3) is 0 Å². The van der Waals surface area contributed by atoms with Gasteiger partial charge in [0.15, 0.2) is 0 Å². The van der Waals surface area contributed by atoms with Crippen molar-refractivity contribution in [3.63, 3.8) is 0 Å². The molecule has 0 fully saturated rings. The zero-order valence-electron chi connectivity index (χ0n) is 7.56. The van der Waals surface area contributed by atoms with Gasteiger partial charge in [-0.1, -0.05) is 11.6 Å². The van der Waals surface area contributed by atoms with Crippen molar-refractivity contribution in [1.82, 2.24) is 5.48 Å². The van der Waals surface area contributed by atoms with Gasteiger partial charge in [-0.15, -0.1) is 0 Å². The van der Waals surface area contributed by atoms with E-state index in [1.165, 1.54) is 0 Å². The van der Waals surface area contributed by atoms with Crippen molar-refractivity contribution in [1.29, 1.82) is 0 Å². The number of nitrogens with one attached hydrogen (secondary N) is 1. The van der Waals surface area contributed by atoms with Gasteiger partial charge in [-0.25, -0.2) is 5.48 Å². The van der Waals surface area contributed by atoms with Crippen LogP contribution in [0.2, 0.25) is 5.02 Å². The molecule has 72 valence electrons. The number of aromatic hydroxyl groups is 1. The number of halogens is 1. The van der Waals surface area contributed by atoms with Crippen LogP contribution in [0.5, 0.6) is 5.75 Å². The molecule has 3 nitrogen and oxygen atoms in total. The lowest BCUT2D eigenvalue weighted by Gasteiger charge is -2.11. The molecule has 0 radical (unpaired) electrons. The van der Waals surface area contributed by atoms with Crippen LogP contribution in [0.1, 0.15) is 16.7 Å². The average Bonchev–Trinajstić information content (AvgIpc) is 2.09. The normalized spacial score (nSPS) is 10.5. The van der Waals surface area contributed by atoms with E-state index in [0.29, 0.717) is 10.6 Å². The highest BCUT2D eigenvalue weighted by Gasteiger charge is 2.10. The largest absolute Gasteiger partial charge is 0.506 e. The lowest BCUT2D eigenvalue weighted by molar-refractivity contribution is 0.160. The molecule has 0 aromatic heterocycles. The summed E-state index contributed by atoms with van der Waals surface area (Å²) < 4.78 is 0. The lowest BCUT2D eigenvalue weighted by atomic mass is 10.0. The third-order valence-electron chi connectivity index (χ3n) is 2.16. The average molecular weight is 202 g/mol. The summed E-state index contributed by atoms with van der Waals surface area (Å²) in [5.74, 6) is 0.0336. The van der Waals surface area contributed by atoms with Crippen LogP contribution in [-0.2, 0) is 6.54 Å². The highest BCUT2D eigenvalue weighted by Crippen LogP contribution is 2.31. The molecule has 4 heteroatoms. The highest BCUT2D eigenvalue weighted by atomic mass is 35.5. The van der Waals surface area contributed by atoms with Crippen molar-refractivity contribution in [3.05, 3.63) is 27.8 Å². The van der Waals surface area contributed by atoms with E-state index in [0.717, 1.165) is 11.1 Å². The van der Waals surface area contributed by atoms with Crippen molar-refractivity contribution in [2.75, 3.05) is 0 Å². The van der Waals surface area contributed by atoms with Gasteiger partial charge in [0.1, 0.15) is 5.75 Å². The predicted molar refractivity (Wildman–Crippen MR) is 51.2 cm³/mol. The van der Waals surface area contributed by atoms with Crippen molar-refractivity contribution < 1.29 is 10.3 Å². The molecule has 0 aliphatic heterocycles. The number of phenols is 1. The summed E-state index contributed by atoms with van der Waals surface area (Å²) in [5.41, 5.74) is 4.56. The molecule has 0 aliphatic carbocycles. The molecule has 0 atom stereocenters. The first kappa shape index (κ1) is 10.3. The maximum atomic E-state index is 9.55. The molecule has 13 heavy (non-hydrogen) atoms. The third-order valence-corrected chi connectivity index (χ3v) is 2.44. The Kier molecular flexibility index (Phi) is 3.14. The molecule has 0 unspecified atom stereocenters. The van der Waals surface area contributed by atoms with Crippen LogP contribution in [0.3, 0.4) is 0 Å². The number of hydrogen-bond donors (Lipinski definition) is 3. The zero-order valence-corrected chi connectivity index (χ0v) is 8.31. The molecule has 0 saturated heterocycles. The lowest BCUT2D eigenvalue weighted by Crippen LogP contribution is -2.08. The van der Waals surface area contributed by atoms with E-state index in [1.807, 2.05) is 19.3 Å². The molecule has 3 N–H and O–H groups in total. The van der Waals surface area contributed by atoms with E-state index < -0.39 is 0 Å². The Labute approximate surface area is 81.9 Å². The van der Waals surface area contributed by atoms with E-state index in [1.54, 1.807) is 6.07 Å². The van der Waals surface area contributed by atoms with Crippen LogP contribution in [-0.4, -0.2) is 10.3 Å². The van der Waals surface area contributed by atoms with Gasteiger partial charge in [0.2, 0.25) is 0 Å². The van der Waals surface area contributed by atoms with Crippen molar-refractivity contribution in [3.8, 4) is 5.75 Å². The van der Waals surface area contributed by atoms with Gasteiger partial charge < -0.3 is 10.3 Å². The highest BCUT2D eigenvalue weighted by molar-refractivity contribution is 6.32. The third kappa shape index (κ3) is 1.94. The zero-order chi connectivity index (χ0) is 10.0. The quantitative estimate of drug-likeness (QED) is 0.643. The molecular weight excluding hydrogens is 190 g/mol. The summed E-state index contributed by atoms with van der Waals surface area (Å²) >= 11 is 5.77. The number of phenolic OH excluding ortho intramolecular Hbond substituents is 1. The van der Waals surface area contributed by atoms with E-state index in [-0.39, 0.29) is 12.3 Å². The SMILES string of the molecule is Cc1cc(Cl)c(O)c(CNO)c1C. The topological polar surface area (TPSA) is 52.5 Å². The molecular formula is C9H12ClNO2. The van der Waals surface area contributed by atoms with Crippen LogP contribution in [0.15, 0.2) is 6.07 Å². The minimum atomic E-state index is 0.0336. The second-order valence-electron chi connectivity index (χ2n) is 2.96. The van der Waals surface area contributed by atoms with Gasteiger partial charge in [-0.2, -0.15) is 0 Å². The first-order valence-corrected chi connectivity index (χ1v) is 4.30. The van der Waals surface area contributed by atoms with Crippen molar-refractivity contribution in [2.45, 2.75) is 20.4 Å². The maximum absolute atomic E-state index is 9.55. The fourth-order valence-electron chi connectivity index (χ4n) is 1.22. The molecule has 1 aromatic rings. The molecule has 0 bridgehead atoms. The fraction of sp³-hybridized carbons (Fsp3) is 0.333. The van der Waals surface area contributed by atoms with Gasteiger partial charge in [-0.05, 0) is 31.0 Å². The first-order chi connectivity index (χ1) is 6.07. The minimum Gasteiger partial charge on any atom is -0.506 e. The smallest absolute Gasteiger partial charge is 0.139 e. The Morgan fingerprint density at radius 1 is 1.46 bits per heavy atom. The molecule has 0 spiro atoms. The molecule has 1 aromatic carbocycles. The van der Waals surface area contributed by atoms with Crippen LogP contribution in [0, 0.1) is 13.8 Å². The molecule has 1 rings (SSSR count). The Hall–Kier alpha value is -0.770. The number of benzene rings is 1. The number of rotatable bonds is 2. The van der Waals surface area contributed by atoms with Gasteiger partial charge >= 0.3 is 0 Å². The van der Waals surface area contributed by atoms with Crippen LogP contribution in [0.4, 0.5) is 0 Å². The van der Waals surface area contributed by atoms with E-state index >= 15 is 0 Å². The monoisotopic (exact) mass is 201 g/mol. The standard InChI is InChI=1S/C9H12ClNO2/c1-5-3-8(10)9(12)7(4-11-13)6(5)2/h3,11-13H,4H2,1-2H3. The summed E-state index contributed by atoms with van der Waals surface area (Å²) in [5, 5.41) is 18.4. The molecule has 0 heterocycles. The maximum Gasteiger partial charge on any atom is 0.139 e. The molecule has 0 saturated carbocycles. The summed E-state index contributed by atoms with van der Waals surface area (Å²) in [7, 11) is 0. The Morgan fingerprint density at radius 2 is 2.08 bits per heavy atom. The van der Waals surface area contributed by atoms with Crippen LogP contribution in [0.25, 0.3) is 0 Å². The summed E-state index contributed by atoms with van der Waals surface area (Å²) in [6, 6.07) is 1.70. The molecule has 0 aliphatic rings. The summed E-state index contributed by atoms with van der Waals surface area (Å²) in [4.78, 5) is 0. The second-order valence-corrected chi connectivity index (χ2v) is 3.37. The minimum absolute atomic E-state index is 0.0336. The van der Waals surface area contributed by atoms with Gasteiger partial charge in [-0.3, -0.25) is 0 Å². The van der Waals surface area contributed by atoms with Gasteiger partial charge in [0, 0.05) is 12.1 Å². The fourth-order valence-corrected chi connectivity index (χ4v) is 1.50. The van der Waals surface area contributed by atoms with Crippen molar-refractivity contribution >= 4 is 11.6 Å². The number of aryl methyl sites for hydroxylation is 1. The van der Waals surface area contributed by atoms with E-state index in [2.05, 4.69) is 0 Å². The summed E-state index contributed by atoms with van der Waals surface area (Å²) in [6.07, 6.45) is 0. The first-order valence-electron chi connectivity index (χ1n) is 3.92. The molecule has 0 amide bonds. The Bertz CT molecular complexity index is 300. The van der Waals surface area contributed by atoms with Crippen molar-refractivity contribution in [2.24, 2.45) is 0 Å². The number of hydroxylamine groups is 1. The second kappa shape index (κ2) is 3.96.